The highest BCUT2D eigenvalue weighted by atomic mass is 16.6. The van der Waals surface area contributed by atoms with E-state index in [0.29, 0.717) is 5.91 Å². The molecule has 0 spiro atoms. The van der Waals surface area contributed by atoms with Crippen LogP contribution in [0.15, 0.2) is 0 Å². The van der Waals surface area contributed by atoms with E-state index in [2.05, 4.69) is 41.5 Å². The predicted molar refractivity (Wildman–Crippen MR) is 273 cm³/mol. The monoisotopic (exact) mass is 862 g/mol. The number of nitrogens with zero attached hydrogens (tertiary/aromatic N) is 1. The van der Waals surface area contributed by atoms with Crippen LogP contribution in [0.2, 0.25) is 0 Å². The summed E-state index contributed by atoms with van der Waals surface area (Å²) in [7, 11) is 1.95. The molecule has 0 radical (unpaired) electrons. The zero-order chi connectivity index (χ0) is 45.7. The Hall–Kier alpha value is -1.06. The Bertz CT molecular complexity index is 912. The van der Waals surface area contributed by atoms with Crippen molar-refractivity contribution in [3.8, 4) is 0 Å². The highest BCUT2D eigenvalue weighted by Crippen LogP contribution is 2.28. The maximum Gasteiger partial charge on any atom is 0.312 e. The molecule has 0 heterocycles. The lowest BCUT2D eigenvalue weighted by molar-refractivity contribution is -0.168. The van der Waals surface area contributed by atoms with Crippen molar-refractivity contribution < 1.29 is 14.3 Å². The van der Waals surface area contributed by atoms with Gasteiger partial charge in [-0.15, -0.1) is 0 Å². The van der Waals surface area contributed by atoms with Gasteiger partial charge in [0.15, 0.2) is 0 Å². The van der Waals surface area contributed by atoms with Crippen LogP contribution in [0.3, 0.4) is 0 Å². The molecule has 0 N–H and O–H groups in total. The van der Waals surface area contributed by atoms with Gasteiger partial charge in [0.25, 0.3) is 0 Å². The molecule has 366 valence electrons. The Morgan fingerprint density at radius 2 is 0.689 bits per heavy atom. The minimum atomic E-state index is -0.372. The molecule has 0 rings (SSSR count). The molecule has 0 fully saturated rings. The molecule has 0 saturated heterocycles. The van der Waals surface area contributed by atoms with Crippen LogP contribution in [-0.4, -0.2) is 36.0 Å². The Labute approximate surface area is 385 Å². The highest BCUT2D eigenvalue weighted by molar-refractivity contribution is 5.78. The number of hydrogen-bond acceptors (Lipinski definition) is 3. The van der Waals surface area contributed by atoms with Crippen molar-refractivity contribution in [1.82, 2.24) is 4.90 Å². The Morgan fingerprint density at radius 3 is 0.951 bits per heavy atom. The van der Waals surface area contributed by atoms with Gasteiger partial charge in [-0.25, -0.2) is 0 Å². The number of amides is 1. The van der Waals surface area contributed by atoms with Crippen LogP contribution in [0.4, 0.5) is 0 Å². The van der Waals surface area contributed by atoms with E-state index in [4.69, 9.17) is 4.74 Å². The van der Waals surface area contributed by atoms with Gasteiger partial charge in [-0.2, -0.15) is 0 Å². The van der Waals surface area contributed by atoms with Gasteiger partial charge in [0.2, 0.25) is 5.91 Å². The lowest BCUT2D eigenvalue weighted by Gasteiger charge is -2.30. The number of unbranched alkanes of at least 4 members (excludes halogenated alkanes) is 36. The number of rotatable bonds is 45. The molecule has 0 aliphatic rings. The van der Waals surface area contributed by atoms with Crippen molar-refractivity contribution in [3.05, 3.63) is 0 Å². The van der Waals surface area contributed by atoms with Gasteiger partial charge in [-0.05, 0) is 59.8 Å². The molecular weight excluding hydrogens is 747 g/mol. The number of esters is 1. The number of carbonyl (C=O) groups excluding carboxylic acids is 2. The van der Waals surface area contributed by atoms with Crippen LogP contribution in [-0.2, 0) is 14.3 Å². The smallest absolute Gasteiger partial charge is 0.312 e. The van der Waals surface area contributed by atoms with Gasteiger partial charge in [0.1, 0.15) is 5.60 Å². The summed E-state index contributed by atoms with van der Waals surface area (Å²) < 4.78 is 5.81. The minimum absolute atomic E-state index is 0.0511. The largest absolute Gasteiger partial charge is 0.459 e. The number of hydrogen-bond donors (Lipinski definition) is 0. The fraction of sp³-hybridized carbons (Fsp3) is 0.965. The van der Waals surface area contributed by atoms with Crippen molar-refractivity contribution in [2.75, 3.05) is 13.6 Å². The van der Waals surface area contributed by atoms with Crippen LogP contribution in [0.25, 0.3) is 0 Å². The third-order valence-electron chi connectivity index (χ3n) is 13.7. The second-order valence-corrected chi connectivity index (χ2v) is 20.9. The summed E-state index contributed by atoms with van der Waals surface area (Å²) in [5.74, 6) is 0.442. The van der Waals surface area contributed by atoms with Crippen molar-refractivity contribution in [3.63, 3.8) is 0 Å². The standard InChI is InChI=1S/C37H74O2.C20H41NO/c1-7-9-10-11-12-13-14-15-16-17-18-19-20-21-22-23-24-25-26-27-28-29-30-31-32-33-34-37(5,6)39-35(38)36(3,4)8-2;1-5-7-8-9-10-11-12-13-14-15-16-17-18-21(4)20(22)19(3)6-2/h7-34H2,1-6H3;19H,5-18H2,1-4H3. The molecule has 0 bridgehead atoms. The van der Waals surface area contributed by atoms with Gasteiger partial charge >= 0.3 is 5.97 Å². The SMILES string of the molecule is CCCCCCCCCCCCCCCCCCCCCCCCCCCCC(C)(C)OC(=O)C(C)(C)CC.CCCCCCCCCCCCCCN(C)C(=O)C(C)CC. The Morgan fingerprint density at radius 1 is 0.426 bits per heavy atom. The zero-order valence-corrected chi connectivity index (χ0v) is 43.9. The Balaban J connectivity index is 0. The van der Waals surface area contributed by atoms with Crippen molar-refractivity contribution >= 4 is 11.9 Å². The highest BCUT2D eigenvalue weighted by Gasteiger charge is 2.32. The summed E-state index contributed by atoms with van der Waals surface area (Å²) in [5, 5.41) is 0. The first-order valence-electron chi connectivity index (χ1n) is 27.9. The summed E-state index contributed by atoms with van der Waals surface area (Å²) in [5.41, 5.74) is -0.709. The molecule has 0 aromatic rings. The van der Waals surface area contributed by atoms with Crippen LogP contribution >= 0.6 is 0 Å². The van der Waals surface area contributed by atoms with Gasteiger partial charge in [-0.3, -0.25) is 9.59 Å². The molecule has 61 heavy (non-hydrogen) atoms. The van der Waals surface area contributed by atoms with Crippen LogP contribution in [0.1, 0.15) is 326 Å². The molecule has 0 aliphatic heterocycles. The molecule has 0 saturated carbocycles. The lowest BCUT2D eigenvalue weighted by atomic mass is 9.90. The molecule has 4 heteroatoms. The summed E-state index contributed by atoms with van der Waals surface area (Å²) >= 11 is 0. The molecule has 1 atom stereocenters. The Kier molecular flexibility index (Phi) is 46.3. The zero-order valence-electron chi connectivity index (χ0n) is 43.9. The molecule has 1 unspecified atom stereocenters. The summed E-state index contributed by atoms with van der Waals surface area (Å²) in [6.07, 6.45) is 56.2. The lowest BCUT2D eigenvalue weighted by Crippen LogP contribution is -2.35. The first kappa shape index (κ1) is 62.0. The van der Waals surface area contributed by atoms with E-state index in [-0.39, 0.29) is 22.9 Å². The van der Waals surface area contributed by atoms with E-state index < -0.39 is 0 Å². The quantitative estimate of drug-likeness (QED) is 0.0453. The summed E-state index contributed by atoms with van der Waals surface area (Å²) in [6.45, 7) is 19.8. The van der Waals surface area contributed by atoms with Crippen molar-refractivity contribution in [2.45, 2.75) is 331 Å². The number of ether oxygens (including phenoxy) is 1. The molecular formula is C57H115NO3. The van der Waals surface area contributed by atoms with E-state index in [1.54, 1.807) is 0 Å². The van der Waals surface area contributed by atoms with Gasteiger partial charge < -0.3 is 9.64 Å². The maximum atomic E-state index is 12.3. The first-order valence-corrected chi connectivity index (χ1v) is 27.9. The molecule has 0 aromatic heterocycles. The second kappa shape index (κ2) is 45.5. The fourth-order valence-corrected chi connectivity index (χ4v) is 8.30. The normalized spacial score (nSPS) is 12.3. The van der Waals surface area contributed by atoms with Crippen LogP contribution in [0.5, 0.6) is 0 Å². The first-order chi connectivity index (χ1) is 29.4. The fourth-order valence-electron chi connectivity index (χ4n) is 8.30. The third-order valence-corrected chi connectivity index (χ3v) is 13.7. The second-order valence-electron chi connectivity index (χ2n) is 20.9. The van der Waals surface area contributed by atoms with Crippen molar-refractivity contribution in [2.24, 2.45) is 11.3 Å². The van der Waals surface area contributed by atoms with E-state index in [1.807, 2.05) is 32.7 Å². The van der Waals surface area contributed by atoms with E-state index in [1.165, 1.54) is 231 Å². The topological polar surface area (TPSA) is 46.6 Å². The average Bonchev–Trinajstić information content (AvgIpc) is 3.24. The maximum absolute atomic E-state index is 12.3. The van der Waals surface area contributed by atoms with Crippen LogP contribution < -0.4 is 0 Å². The molecule has 0 aromatic carbocycles. The molecule has 0 aliphatic carbocycles. The average molecular weight is 863 g/mol. The third kappa shape index (κ3) is 43.9. The summed E-state index contributed by atoms with van der Waals surface area (Å²) in [4.78, 5) is 26.2. The van der Waals surface area contributed by atoms with Gasteiger partial charge in [0, 0.05) is 19.5 Å². The predicted octanol–water partition coefficient (Wildman–Crippen LogP) is 19.5. The van der Waals surface area contributed by atoms with Gasteiger partial charge in [0.05, 0.1) is 5.41 Å². The van der Waals surface area contributed by atoms with Crippen molar-refractivity contribution in [1.29, 1.82) is 0 Å². The van der Waals surface area contributed by atoms with E-state index >= 15 is 0 Å². The van der Waals surface area contributed by atoms with Crippen LogP contribution in [0, 0.1) is 11.3 Å². The summed E-state index contributed by atoms with van der Waals surface area (Å²) in [6, 6.07) is 0. The number of carbonyl (C=O) groups is 2. The minimum Gasteiger partial charge on any atom is -0.459 e. The van der Waals surface area contributed by atoms with E-state index in [9.17, 15) is 9.59 Å². The molecule has 1 amide bonds. The van der Waals surface area contributed by atoms with Gasteiger partial charge in [-0.1, -0.05) is 266 Å². The van der Waals surface area contributed by atoms with E-state index in [0.717, 1.165) is 38.6 Å². The molecule has 4 nitrogen and oxygen atoms in total.